The molecule has 82 valence electrons. The Kier molecular flexibility index (Phi) is 39.6. The standard InChI is InChI=1S/C6H11NO.2CH5N.ClH/c1-4-7-6(8)5(2)3;2*1-2;/h2,4H2,1,3H3,(H,7,8);2*2H2,1H3;1H. The normalized spacial score (nSPS) is 6.00. The van der Waals surface area contributed by atoms with E-state index in [0.717, 1.165) is 0 Å². The summed E-state index contributed by atoms with van der Waals surface area (Å²) in [5.74, 6) is -0.0625. The highest BCUT2D eigenvalue weighted by Crippen LogP contribution is 1.82. The summed E-state index contributed by atoms with van der Waals surface area (Å²) < 4.78 is 0. The van der Waals surface area contributed by atoms with E-state index in [1.165, 1.54) is 14.1 Å². The van der Waals surface area contributed by atoms with Crippen molar-refractivity contribution in [1.82, 2.24) is 5.32 Å². The molecular weight excluding hydrogens is 190 g/mol. The Hall–Kier alpha value is -0.580. The van der Waals surface area contributed by atoms with Crippen molar-refractivity contribution in [3.05, 3.63) is 12.2 Å². The zero-order valence-electron chi connectivity index (χ0n) is 8.89. The van der Waals surface area contributed by atoms with Crippen molar-refractivity contribution in [2.75, 3.05) is 20.6 Å². The third-order valence-electron chi connectivity index (χ3n) is 0.725. The number of halogens is 1. The summed E-state index contributed by atoms with van der Waals surface area (Å²) in [4.78, 5) is 10.5. The maximum atomic E-state index is 10.5. The number of nitrogens with two attached hydrogens (primary N) is 2. The van der Waals surface area contributed by atoms with E-state index in [1.54, 1.807) is 6.92 Å². The minimum atomic E-state index is -0.0625. The molecule has 1 amide bonds. The van der Waals surface area contributed by atoms with Gasteiger partial charge in [-0.15, -0.1) is 12.4 Å². The maximum absolute atomic E-state index is 10.5. The lowest BCUT2D eigenvalue weighted by atomic mass is 10.3. The van der Waals surface area contributed by atoms with Crippen molar-refractivity contribution in [3.8, 4) is 0 Å². The summed E-state index contributed by atoms with van der Waals surface area (Å²) in [6, 6.07) is 0. The molecule has 0 aliphatic heterocycles. The molecule has 0 aromatic heterocycles. The Morgan fingerprint density at radius 3 is 1.69 bits per heavy atom. The molecule has 0 fully saturated rings. The molecule has 4 nitrogen and oxygen atoms in total. The third kappa shape index (κ3) is 24.6. The predicted molar refractivity (Wildman–Crippen MR) is 61.0 cm³/mol. The van der Waals surface area contributed by atoms with Gasteiger partial charge in [0.1, 0.15) is 0 Å². The fourth-order valence-electron chi connectivity index (χ4n) is 0.311. The van der Waals surface area contributed by atoms with Gasteiger partial charge in [0.05, 0.1) is 0 Å². The smallest absolute Gasteiger partial charge is 0.246 e. The van der Waals surface area contributed by atoms with Crippen LogP contribution in [-0.4, -0.2) is 26.5 Å². The van der Waals surface area contributed by atoms with Gasteiger partial charge in [0, 0.05) is 12.1 Å². The lowest BCUT2D eigenvalue weighted by Gasteiger charge is -1.97. The molecule has 0 saturated heterocycles. The van der Waals surface area contributed by atoms with E-state index in [2.05, 4.69) is 23.4 Å². The molecule has 0 saturated carbocycles. The largest absolute Gasteiger partial charge is 0.353 e. The van der Waals surface area contributed by atoms with Crippen molar-refractivity contribution in [2.45, 2.75) is 13.8 Å². The first kappa shape index (κ1) is 22.8. The van der Waals surface area contributed by atoms with Crippen LogP contribution >= 0.6 is 12.4 Å². The third-order valence-corrected chi connectivity index (χ3v) is 0.725. The van der Waals surface area contributed by atoms with Crippen molar-refractivity contribution < 1.29 is 4.79 Å². The van der Waals surface area contributed by atoms with Crippen molar-refractivity contribution in [2.24, 2.45) is 11.5 Å². The van der Waals surface area contributed by atoms with E-state index in [-0.39, 0.29) is 18.3 Å². The first-order valence-electron chi connectivity index (χ1n) is 3.77. The Morgan fingerprint density at radius 2 is 1.62 bits per heavy atom. The van der Waals surface area contributed by atoms with Gasteiger partial charge in [0.15, 0.2) is 0 Å². The number of nitrogens with one attached hydrogen (secondary N) is 1. The van der Waals surface area contributed by atoms with Gasteiger partial charge in [0.2, 0.25) is 5.91 Å². The van der Waals surface area contributed by atoms with Crippen LogP contribution in [0, 0.1) is 0 Å². The first-order valence-corrected chi connectivity index (χ1v) is 3.77. The minimum absolute atomic E-state index is 0. The van der Waals surface area contributed by atoms with Gasteiger partial charge in [0.25, 0.3) is 0 Å². The fraction of sp³-hybridized carbons (Fsp3) is 0.625. The highest BCUT2D eigenvalue weighted by Gasteiger charge is 1.95. The van der Waals surface area contributed by atoms with E-state index in [1.807, 2.05) is 6.92 Å². The Bertz CT molecular complexity index is 118. The Balaban J connectivity index is -0.0000000712. The average Bonchev–Trinajstić information content (AvgIpc) is 2.12. The molecule has 0 spiro atoms. The van der Waals surface area contributed by atoms with E-state index in [9.17, 15) is 4.79 Å². The second kappa shape index (κ2) is 22.5. The number of carbonyl (C=O) groups is 1. The zero-order chi connectivity index (χ0) is 10.6. The van der Waals surface area contributed by atoms with Crippen LogP contribution in [0.3, 0.4) is 0 Å². The molecule has 0 aromatic rings. The van der Waals surface area contributed by atoms with Gasteiger partial charge in [-0.25, -0.2) is 0 Å². The van der Waals surface area contributed by atoms with Crippen LogP contribution in [0.15, 0.2) is 12.2 Å². The summed E-state index contributed by atoms with van der Waals surface area (Å²) in [6.45, 7) is 7.70. The lowest BCUT2D eigenvalue weighted by Crippen LogP contribution is -2.22. The van der Waals surface area contributed by atoms with Crippen LogP contribution in [0.4, 0.5) is 0 Å². The fourth-order valence-corrected chi connectivity index (χ4v) is 0.311. The molecule has 5 heteroatoms. The molecule has 0 unspecified atom stereocenters. The summed E-state index contributed by atoms with van der Waals surface area (Å²) in [5.41, 5.74) is 9.56. The van der Waals surface area contributed by atoms with Crippen LogP contribution in [0.5, 0.6) is 0 Å². The number of rotatable bonds is 2. The van der Waals surface area contributed by atoms with E-state index >= 15 is 0 Å². The van der Waals surface area contributed by atoms with Crippen molar-refractivity contribution in [3.63, 3.8) is 0 Å². The van der Waals surface area contributed by atoms with Crippen LogP contribution in [0.25, 0.3) is 0 Å². The van der Waals surface area contributed by atoms with Gasteiger partial charge >= 0.3 is 0 Å². The molecule has 5 N–H and O–H groups in total. The molecular formula is C8H22ClN3O. The topological polar surface area (TPSA) is 81.1 Å². The number of amides is 1. The molecule has 0 aliphatic carbocycles. The molecule has 0 radical (unpaired) electrons. The molecule has 0 rings (SSSR count). The van der Waals surface area contributed by atoms with Gasteiger partial charge in [-0.1, -0.05) is 6.58 Å². The van der Waals surface area contributed by atoms with Crippen LogP contribution in [0.2, 0.25) is 0 Å². The molecule has 13 heavy (non-hydrogen) atoms. The lowest BCUT2D eigenvalue weighted by molar-refractivity contribution is -0.117. The van der Waals surface area contributed by atoms with Gasteiger partial charge < -0.3 is 16.8 Å². The average molecular weight is 212 g/mol. The minimum Gasteiger partial charge on any atom is -0.353 e. The summed E-state index contributed by atoms with van der Waals surface area (Å²) in [6.07, 6.45) is 0. The molecule has 0 aromatic carbocycles. The predicted octanol–water partition coefficient (Wildman–Crippen LogP) is 0.270. The number of carbonyl (C=O) groups excluding carboxylic acids is 1. The van der Waals surface area contributed by atoms with Gasteiger partial charge in [-0.2, -0.15) is 0 Å². The maximum Gasteiger partial charge on any atom is 0.246 e. The van der Waals surface area contributed by atoms with E-state index in [4.69, 9.17) is 0 Å². The molecule has 0 atom stereocenters. The summed E-state index contributed by atoms with van der Waals surface area (Å²) in [7, 11) is 3.00. The van der Waals surface area contributed by atoms with Crippen LogP contribution in [-0.2, 0) is 4.79 Å². The second-order valence-corrected chi connectivity index (χ2v) is 1.64. The van der Waals surface area contributed by atoms with Crippen LogP contribution in [0.1, 0.15) is 13.8 Å². The monoisotopic (exact) mass is 211 g/mol. The number of hydrogen-bond donors (Lipinski definition) is 3. The SMILES string of the molecule is C=C(C)C(=O)NCC.CN.CN.Cl. The van der Waals surface area contributed by atoms with E-state index in [0.29, 0.717) is 12.1 Å². The van der Waals surface area contributed by atoms with Gasteiger partial charge in [-0.05, 0) is 27.9 Å². The van der Waals surface area contributed by atoms with Crippen molar-refractivity contribution >= 4 is 18.3 Å². The zero-order valence-corrected chi connectivity index (χ0v) is 9.70. The quantitative estimate of drug-likeness (QED) is 0.574. The van der Waals surface area contributed by atoms with Crippen molar-refractivity contribution in [1.29, 1.82) is 0 Å². The Morgan fingerprint density at radius 1 is 1.31 bits per heavy atom. The van der Waals surface area contributed by atoms with Crippen LogP contribution < -0.4 is 16.8 Å². The summed E-state index contributed by atoms with van der Waals surface area (Å²) in [5, 5.41) is 2.61. The first-order chi connectivity index (χ1) is 5.68. The number of likely N-dealkylation sites (N-methyl/N-ethyl adjacent to an activating group) is 1. The Labute approximate surface area is 87.2 Å². The highest BCUT2D eigenvalue weighted by molar-refractivity contribution is 5.91. The van der Waals surface area contributed by atoms with Gasteiger partial charge in [-0.3, -0.25) is 4.79 Å². The number of hydrogen-bond acceptors (Lipinski definition) is 3. The highest BCUT2D eigenvalue weighted by atomic mass is 35.5. The molecule has 0 heterocycles. The molecule has 0 aliphatic rings. The molecule has 0 bridgehead atoms. The second-order valence-electron chi connectivity index (χ2n) is 1.64. The van der Waals surface area contributed by atoms with E-state index < -0.39 is 0 Å². The summed E-state index contributed by atoms with van der Waals surface area (Å²) >= 11 is 0.